The second-order valence-corrected chi connectivity index (χ2v) is 4.99. The molecular weight excluding hydrogens is 283 g/mol. The number of benzene rings is 2. The summed E-state index contributed by atoms with van der Waals surface area (Å²) in [5.74, 6) is -0.981. The molecule has 1 atom stereocenters. The highest BCUT2D eigenvalue weighted by Crippen LogP contribution is 2.09. The molecule has 0 bridgehead atoms. The van der Waals surface area contributed by atoms with Crippen molar-refractivity contribution in [2.24, 2.45) is 0 Å². The fraction of sp³-hybridized carbons (Fsp3) is 0.222. The van der Waals surface area contributed by atoms with Gasteiger partial charge in [0.25, 0.3) is 0 Å². The van der Waals surface area contributed by atoms with Gasteiger partial charge in [-0.25, -0.2) is 4.39 Å². The Hall–Kier alpha value is -2.49. The highest BCUT2D eigenvalue weighted by molar-refractivity contribution is 6.00. The molecule has 4 heteroatoms. The van der Waals surface area contributed by atoms with Crippen molar-refractivity contribution >= 4 is 11.8 Å². The Morgan fingerprint density at radius 3 is 2.32 bits per heavy atom. The van der Waals surface area contributed by atoms with Crippen LogP contribution in [0.3, 0.4) is 0 Å². The van der Waals surface area contributed by atoms with Crippen molar-refractivity contribution in [1.82, 2.24) is 0 Å². The van der Waals surface area contributed by atoms with Crippen molar-refractivity contribution in [1.29, 1.82) is 0 Å². The average Bonchev–Trinajstić information content (AvgIpc) is 2.54. The second kappa shape index (κ2) is 7.50. The van der Waals surface area contributed by atoms with Crippen LogP contribution in [-0.2, 0) is 16.0 Å². The van der Waals surface area contributed by atoms with Gasteiger partial charge in [0.15, 0.2) is 6.10 Å². The van der Waals surface area contributed by atoms with Crippen LogP contribution in [0.2, 0.25) is 0 Å². The molecule has 22 heavy (non-hydrogen) atoms. The van der Waals surface area contributed by atoms with Gasteiger partial charge in [-0.1, -0.05) is 42.5 Å². The molecule has 0 saturated carbocycles. The van der Waals surface area contributed by atoms with E-state index < -0.39 is 12.1 Å². The van der Waals surface area contributed by atoms with Crippen molar-refractivity contribution in [2.45, 2.75) is 25.9 Å². The molecule has 0 aliphatic rings. The maximum atomic E-state index is 12.8. The summed E-state index contributed by atoms with van der Waals surface area (Å²) in [6, 6.07) is 14.7. The Kier molecular flexibility index (Phi) is 5.42. The van der Waals surface area contributed by atoms with Gasteiger partial charge in [0.2, 0.25) is 5.78 Å². The first-order chi connectivity index (χ1) is 10.6. The van der Waals surface area contributed by atoms with E-state index in [2.05, 4.69) is 0 Å². The normalized spacial score (nSPS) is 11.7. The Morgan fingerprint density at radius 2 is 1.68 bits per heavy atom. The minimum Gasteiger partial charge on any atom is -0.454 e. The molecule has 0 aromatic heterocycles. The number of halogens is 1. The van der Waals surface area contributed by atoms with Gasteiger partial charge in [0, 0.05) is 12.0 Å². The standard InChI is InChI=1S/C18H17FO3/c1-13(18(21)15-5-3-2-4-6-15)22-17(20)12-9-14-7-10-16(19)11-8-14/h2-8,10-11,13H,9,12H2,1H3. The molecular formula is C18H17FO3. The third-order valence-corrected chi connectivity index (χ3v) is 3.27. The number of hydrogen-bond donors (Lipinski definition) is 0. The van der Waals surface area contributed by atoms with Crippen LogP contribution in [0.5, 0.6) is 0 Å². The Bertz CT molecular complexity index is 635. The zero-order chi connectivity index (χ0) is 15.9. The maximum absolute atomic E-state index is 12.8. The zero-order valence-corrected chi connectivity index (χ0v) is 12.3. The number of carbonyl (C=O) groups excluding carboxylic acids is 2. The average molecular weight is 300 g/mol. The van der Waals surface area contributed by atoms with E-state index in [4.69, 9.17) is 4.74 Å². The molecule has 114 valence electrons. The molecule has 1 unspecified atom stereocenters. The largest absolute Gasteiger partial charge is 0.454 e. The number of Topliss-reactive ketones (excluding diaryl/α,β-unsaturated/α-hetero) is 1. The van der Waals surface area contributed by atoms with Gasteiger partial charge in [-0.05, 0) is 31.0 Å². The van der Waals surface area contributed by atoms with Crippen LogP contribution < -0.4 is 0 Å². The Balaban J connectivity index is 1.83. The van der Waals surface area contributed by atoms with Gasteiger partial charge in [-0.15, -0.1) is 0 Å². The lowest BCUT2D eigenvalue weighted by molar-refractivity contribution is -0.146. The van der Waals surface area contributed by atoms with Gasteiger partial charge in [-0.2, -0.15) is 0 Å². The zero-order valence-electron chi connectivity index (χ0n) is 12.3. The van der Waals surface area contributed by atoms with E-state index in [-0.39, 0.29) is 18.0 Å². The first kappa shape index (κ1) is 15.9. The maximum Gasteiger partial charge on any atom is 0.306 e. The molecule has 0 aliphatic heterocycles. The molecule has 3 nitrogen and oxygen atoms in total. The van der Waals surface area contributed by atoms with E-state index in [0.29, 0.717) is 12.0 Å². The first-order valence-corrected chi connectivity index (χ1v) is 7.09. The fourth-order valence-corrected chi connectivity index (χ4v) is 2.04. The number of aryl methyl sites for hydroxylation is 1. The van der Waals surface area contributed by atoms with Crippen LogP contribution in [0.15, 0.2) is 54.6 Å². The number of rotatable bonds is 6. The van der Waals surface area contributed by atoms with Crippen molar-refractivity contribution in [3.05, 3.63) is 71.5 Å². The first-order valence-electron chi connectivity index (χ1n) is 7.09. The molecule has 0 radical (unpaired) electrons. The SMILES string of the molecule is CC(OC(=O)CCc1ccc(F)cc1)C(=O)c1ccccc1. The van der Waals surface area contributed by atoms with Gasteiger partial charge in [0.1, 0.15) is 5.82 Å². The van der Waals surface area contributed by atoms with E-state index in [1.54, 1.807) is 43.3 Å². The topological polar surface area (TPSA) is 43.4 Å². The highest BCUT2D eigenvalue weighted by Gasteiger charge is 2.19. The number of esters is 1. The van der Waals surface area contributed by atoms with Crippen LogP contribution in [0.1, 0.15) is 29.3 Å². The predicted molar refractivity (Wildman–Crippen MR) is 81.0 cm³/mol. The molecule has 0 heterocycles. The molecule has 0 N–H and O–H groups in total. The number of hydrogen-bond acceptors (Lipinski definition) is 3. The molecule has 0 aliphatic carbocycles. The van der Waals surface area contributed by atoms with Crippen LogP contribution in [0.25, 0.3) is 0 Å². The van der Waals surface area contributed by atoms with Crippen molar-refractivity contribution < 1.29 is 18.7 Å². The van der Waals surface area contributed by atoms with Crippen LogP contribution in [-0.4, -0.2) is 17.9 Å². The molecule has 2 aromatic rings. The van der Waals surface area contributed by atoms with Crippen LogP contribution in [0, 0.1) is 5.82 Å². The number of carbonyl (C=O) groups is 2. The lowest BCUT2D eigenvalue weighted by atomic mass is 10.1. The van der Waals surface area contributed by atoms with Gasteiger partial charge in [-0.3, -0.25) is 9.59 Å². The quantitative estimate of drug-likeness (QED) is 0.605. The summed E-state index contributed by atoms with van der Waals surface area (Å²) in [6.07, 6.45) is -0.216. The lowest BCUT2D eigenvalue weighted by Crippen LogP contribution is -2.24. The summed E-state index contributed by atoms with van der Waals surface area (Å²) in [7, 11) is 0. The second-order valence-electron chi connectivity index (χ2n) is 4.99. The van der Waals surface area contributed by atoms with Gasteiger partial charge < -0.3 is 4.74 Å². The van der Waals surface area contributed by atoms with E-state index in [1.165, 1.54) is 12.1 Å². The molecule has 2 rings (SSSR count). The summed E-state index contributed by atoms with van der Waals surface area (Å²) in [5, 5.41) is 0. The molecule has 0 spiro atoms. The van der Waals surface area contributed by atoms with Gasteiger partial charge in [0.05, 0.1) is 0 Å². The highest BCUT2D eigenvalue weighted by atomic mass is 19.1. The van der Waals surface area contributed by atoms with Gasteiger partial charge >= 0.3 is 5.97 Å². The molecule has 2 aromatic carbocycles. The Morgan fingerprint density at radius 1 is 1.05 bits per heavy atom. The fourth-order valence-electron chi connectivity index (χ4n) is 2.04. The minimum absolute atomic E-state index is 0.151. The van der Waals surface area contributed by atoms with E-state index in [0.717, 1.165) is 5.56 Å². The third-order valence-electron chi connectivity index (χ3n) is 3.27. The Labute approximate surface area is 128 Å². The van der Waals surface area contributed by atoms with E-state index in [9.17, 15) is 14.0 Å². The van der Waals surface area contributed by atoms with Crippen molar-refractivity contribution in [3.63, 3.8) is 0 Å². The van der Waals surface area contributed by atoms with Crippen molar-refractivity contribution in [3.8, 4) is 0 Å². The molecule has 0 amide bonds. The molecule has 0 fully saturated rings. The molecule has 0 saturated heterocycles. The summed E-state index contributed by atoms with van der Waals surface area (Å²) >= 11 is 0. The van der Waals surface area contributed by atoms with E-state index in [1.807, 2.05) is 6.07 Å². The predicted octanol–water partition coefficient (Wildman–Crippen LogP) is 3.57. The monoisotopic (exact) mass is 300 g/mol. The summed E-state index contributed by atoms with van der Waals surface area (Å²) < 4.78 is 17.9. The third kappa shape index (κ3) is 4.52. The summed E-state index contributed by atoms with van der Waals surface area (Å²) in [6.45, 7) is 1.56. The van der Waals surface area contributed by atoms with Crippen LogP contribution >= 0.6 is 0 Å². The van der Waals surface area contributed by atoms with Crippen molar-refractivity contribution in [2.75, 3.05) is 0 Å². The van der Waals surface area contributed by atoms with E-state index >= 15 is 0 Å². The summed E-state index contributed by atoms with van der Waals surface area (Å²) in [5.41, 5.74) is 1.36. The lowest BCUT2D eigenvalue weighted by Gasteiger charge is -2.12. The number of ketones is 1. The number of ether oxygens (including phenoxy) is 1. The van der Waals surface area contributed by atoms with Crippen LogP contribution in [0.4, 0.5) is 4.39 Å². The minimum atomic E-state index is -0.817. The smallest absolute Gasteiger partial charge is 0.306 e. The summed E-state index contributed by atoms with van der Waals surface area (Å²) in [4.78, 5) is 23.9.